The van der Waals surface area contributed by atoms with Crippen molar-refractivity contribution in [2.75, 3.05) is 0 Å². The van der Waals surface area contributed by atoms with E-state index in [2.05, 4.69) is 9.98 Å². The van der Waals surface area contributed by atoms with Gasteiger partial charge in [-0.05, 0) is 11.6 Å². The van der Waals surface area contributed by atoms with Gasteiger partial charge in [0.2, 0.25) is 0 Å². The largest absolute Gasteiger partial charge is 0.478 e. The zero-order valence-corrected chi connectivity index (χ0v) is 12.1. The molecule has 0 fully saturated rings. The molecular formula is C15H11N2O4S+. The lowest BCUT2D eigenvalue weighted by atomic mass is 10.1. The van der Waals surface area contributed by atoms with Gasteiger partial charge in [0.15, 0.2) is 11.4 Å². The maximum Gasteiger partial charge on any atom is 0.355 e. The minimum absolute atomic E-state index is 0.264. The number of aromatic nitrogens is 1. The lowest BCUT2D eigenvalue weighted by molar-refractivity contribution is 0.0646. The number of carbonyl (C=O) groups is 2. The summed E-state index contributed by atoms with van der Waals surface area (Å²) in [6, 6.07) is 1.38. The molecule has 2 N–H and O–H groups in total. The van der Waals surface area contributed by atoms with Crippen LogP contribution >= 0.6 is 10.5 Å². The molecule has 3 rings (SSSR count). The molecule has 2 aliphatic rings. The summed E-state index contributed by atoms with van der Waals surface area (Å²) in [5.74, 6) is -2.09. The molecule has 0 saturated carbocycles. The highest BCUT2D eigenvalue weighted by Gasteiger charge is 2.23. The molecule has 1 aliphatic carbocycles. The molecule has 2 heterocycles. The first kappa shape index (κ1) is 14.3. The number of nitrogens with zero attached hydrogens (tertiary/aromatic N) is 2. The van der Waals surface area contributed by atoms with E-state index in [1.54, 1.807) is 0 Å². The molecule has 1 aromatic rings. The molecule has 1 aliphatic heterocycles. The maximum absolute atomic E-state index is 11.2. The Hall–Kier alpha value is -2.67. The Bertz CT molecular complexity index is 806. The molecule has 0 bridgehead atoms. The number of carboxylic acids is 2. The van der Waals surface area contributed by atoms with Gasteiger partial charge >= 0.3 is 11.9 Å². The lowest BCUT2D eigenvalue weighted by Crippen LogP contribution is -2.11. The van der Waals surface area contributed by atoms with E-state index in [0.29, 0.717) is 11.3 Å². The number of carboxylic acid groups (broad SMARTS) is 2. The number of hydrogen-bond donors (Lipinski definition) is 2. The molecule has 0 radical (unpaired) electrons. The van der Waals surface area contributed by atoms with Crippen LogP contribution in [0.3, 0.4) is 0 Å². The van der Waals surface area contributed by atoms with Gasteiger partial charge in [-0.15, -0.1) is 10.5 Å². The number of aliphatic imine (C=N–C) groups is 1. The van der Waals surface area contributed by atoms with Crippen molar-refractivity contribution in [3.8, 4) is 0 Å². The van der Waals surface area contributed by atoms with Crippen LogP contribution in [0.1, 0.15) is 26.4 Å². The van der Waals surface area contributed by atoms with Crippen LogP contribution in [-0.4, -0.2) is 37.5 Å². The summed E-state index contributed by atoms with van der Waals surface area (Å²) in [4.78, 5) is 31.4. The molecule has 110 valence electrons. The first-order chi connectivity index (χ1) is 10.6. The van der Waals surface area contributed by atoms with Crippen LogP contribution in [-0.2, 0) is 5.75 Å². The number of pyridine rings is 1. The topological polar surface area (TPSA) is 99.9 Å². The monoisotopic (exact) mass is 315 g/mol. The van der Waals surface area contributed by atoms with E-state index in [0.717, 1.165) is 10.6 Å². The Morgan fingerprint density at radius 2 is 2.09 bits per heavy atom. The number of fused-ring (bicyclic) bond motifs is 1. The van der Waals surface area contributed by atoms with E-state index >= 15 is 0 Å². The number of allylic oxidation sites excluding steroid dienone is 3. The van der Waals surface area contributed by atoms with Gasteiger partial charge in [0.25, 0.3) is 0 Å². The predicted molar refractivity (Wildman–Crippen MR) is 84.5 cm³/mol. The van der Waals surface area contributed by atoms with Crippen LogP contribution in [0.5, 0.6) is 0 Å². The van der Waals surface area contributed by atoms with Crippen molar-refractivity contribution >= 4 is 32.8 Å². The van der Waals surface area contributed by atoms with Crippen molar-refractivity contribution in [1.29, 1.82) is 0 Å². The summed E-state index contributed by atoms with van der Waals surface area (Å²) in [5, 5.41) is 18.1. The predicted octanol–water partition coefficient (Wildman–Crippen LogP) is 2.12. The molecule has 0 saturated heterocycles. The van der Waals surface area contributed by atoms with Crippen LogP contribution in [0, 0.1) is 6.42 Å². The average Bonchev–Trinajstić information content (AvgIpc) is 2.90. The first-order valence-electron chi connectivity index (χ1n) is 6.34. The fourth-order valence-electron chi connectivity index (χ4n) is 2.18. The van der Waals surface area contributed by atoms with Gasteiger partial charge < -0.3 is 10.2 Å². The van der Waals surface area contributed by atoms with Gasteiger partial charge in [-0.2, -0.15) is 4.99 Å². The van der Waals surface area contributed by atoms with E-state index in [1.165, 1.54) is 12.3 Å². The van der Waals surface area contributed by atoms with E-state index in [9.17, 15) is 9.59 Å². The van der Waals surface area contributed by atoms with Crippen molar-refractivity contribution in [2.24, 2.45) is 4.99 Å². The van der Waals surface area contributed by atoms with Gasteiger partial charge in [-0.3, -0.25) is 0 Å². The second kappa shape index (κ2) is 5.61. The van der Waals surface area contributed by atoms with E-state index < -0.39 is 17.6 Å². The molecule has 1 atom stereocenters. The fourth-order valence-corrected chi connectivity index (χ4v) is 3.92. The zero-order valence-electron chi connectivity index (χ0n) is 11.3. The van der Waals surface area contributed by atoms with E-state index in [4.69, 9.17) is 10.2 Å². The standard InChI is InChI=1S/C15H10N2O4S/c18-14(19)10-5-9(6-16-13(10)15(20)21)7-22-8-17-11-3-1-2-4-12(11)22/h1-6,8H,7H2,(H-,18,19,20,21)/p+1. The maximum atomic E-state index is 11.2. The average molecular weight is 315 g/mol. The van der Waals surface area contributed by atoms with Gasteiger partial charge in [-0.1, -0.05) is 0 Å². The van der Waals surface area contributed by atoms with Crippen LogP contribution in [0.2, 0.25) is 0 Å². The Labute approximate surface area is 128 Å². The van der Waals surface area contributed by atoms with E-state index in [-0.39, 0.29) is 16.0 Å². The van der Waals surface area contributed by atoms with Gasteiger partial charge in [0.1, 0.15) is 4.86 Å². The highest BCUT2D eigenvalue weighted by Crippen LogP contribution is 2.31. The molecule has 0 amide bonds. The Balaban J connectivity index is 1.96. The molecule has 6 nitrogen and oxygen atoms in total. The summed E-state index contributed by atoms with van der Waals surface area (Å²) in [5.41, 5.74) is 2.70. The molecule has 1 unspecified atom stereocenters. The van der Waals surface area contributed by atoms with Crippen molar-refractivity contribution in [3.63, 3.8) is 0 Å². The van der Waals surface area contributed by atoms with Crippen LogP contribution in [0.25, 0.3) is 0 Å². The highest BCUT2D eigenvalue weighted by molar-refractivity contribution is 8.27. The third kappa shape index (κ3) is 2.58. The third-order valence-electron chi connectivity index (χ3n) is 3.17. The normalized spacial score (nSPS) is 18.6. The van der Waals surface area contributed by atoms with Crippen molar-refractivity contribution < 1.29 is 19.8 Å². The van der Waals surface area contributed by atoms with Gasteiger partial charge in [0, 0.05) is 24.4 Å². The summed E-state index contributed by atoms with van der Waals surface area (Å²) in [7, 11) is -0.264. The highest BCUT2D eigenvalue weighted by atomic mass is 32.2. The van der Waals surface area contributed by atoms with Crippen LogP contribution in [0.15, 0.2) is 41.2 Å². The van der Waals surface area contributed by atoms with Gasteiger partial charge in [0.05, 0.1) is 23.3 Å². The fraction of sp³-hybridized carbons (Fsp3) is 0.0667. The summed E-state index contributed by atoms with van der Waals surface area (Å²) >= 11 is 0. The molecule has 22 heavy (non-hydrogen) atoms. The number of hydrogen-bond acceptors (Lipinski definition) is 4. The second-order valence-electron chi connectivity index (χ2n) is 4.63. The van der Waals surface area contributed by atoms with Crippen LogP contribution < -0.4 is 0 Å². The third-order valence-corrected chi connectivity index (χ3v) is 5.08. The summed E-state index contributed by atoms with van der Waals surface area (Å²) in [6.45, 7) is 0. The number of aromatic carboxylic acids is 2. The zero-order chi connectivity index (χ0) is 15.7. The van der Waals surface area contributed by atoms with E-state index in [1.807, 2.05) is 30.2 Å². The summed E-state index contributed by atoms with van der Waals surface area (Å²) in [6.07, 6.45) is 9.17. The minimum atomic E-state index is -1.35. The molecular weight excluding hydrogens is 304 g/mol. The Kier molecular flexibility index (Phi) is 3.64. The van der Waals surface area contributed by atoms with Crippen LogP contribution in [0.4, 0.5) is 0 Å². The quantitative estimate of drug-likeness (QED) is 0.655. The van der Waals surface area contributed by atoms with Gasteiger partial charge in [-0.25, -0.2) is 14.6 Å². The SMILES string of the molecule is O=C(O)c1cc(CS2=C3C=C[CH+]C=C3N=C2)cnc1C(=O)O. The Morgan fingerprint density at radius 3 is 2.82 bits per heavy atom. The Morgan fingerprint density at radius 1 is 1.27 bits per heavy atom. The lowest BCUT2D eigenvalue weighted by Gasteiger charge is -2.06. The van der Waals surface area contributed by atoms with Crippen molar-refractivity contribution in [2.45, 2.75) is 5.75 Å². The smallest absolute Gasteiger partial charge is 0.355 e. The first-order valence-corrected chi connectivity index (χ1v) is 7.80. The molecule has 7 heteroatoms. The second-order valence-corrected chi connectivity index (χ2v) is 6.42. The minimum Gasteiger partial charge on any atom is -0.478 e. The number of rotatable bonds is 4. The summed E-state index contributed by atoms with van der Waals surface area (Å²) < 4.78 is 0. The molecule has 1 aromatic heterocycles. The molecule has 0 spiro atoms. The molecule has 0 aromatic carbocycles. The van der Waals surface area contributed by atoms with Crippen molar-refractivity contribution in [1.82, 2.24) is 4.98 Å². The van der Waals surface area contributed by atoms with Crippen molar-refractivity contribution in [3.05, 3.63) is 59.4 Å².